The van der Waals surface area contributed by atoms with Crippen LogP contribution in [0, 0.1) is 17.0 Å². The van der Waals surface area contributed by atoms with Crippen molar-refractivity contribution in [1.29, 1.82) is 0 Å². The third-order valence-electron chi connectivity index (χ3n) is 5.25. The molecule has 10 heteroatoms. The number of nitrogens with zero attached hydrogens (tertiary/aromatic N) is 6. The predicted molar refractivity (Wildman–Crippen MR) is 118 cm³/mol. The Morgan fingerprint density at radius 3 is 2.35 bits per heavy atom. The van der Waals surface area contributed by atoms with Gasteiger partial charge in [-0.1, -0.05) is 6.07 Å². The highest BCUT2D eigenvalue weighted by molar-refractivity contribution is 5.74. The third kappa shape index (κ3) is 4.32. The summed E-state index contributed by atoms with van der Waals surface area (Å²) in [4.78, 5) is 28.3. The first kappa shape index (κ1) is 20.3. The van der Waals surface area contributed by atoms with Crippen LogP contribution in [0.5, 0.6) is 5.75 Å². The van der Waals surface area contributed by atoms with Crippen LogP contribution in [-0.4, -0.2) is 53.2 Å². The number of nitro groups is 1. The van der Waals surface area contributed by atoms with Gasteiger partial charge < -0.3 is 19.9 Å². The van der Waals surface area contributed by atoms with Crippen LogP contribution in [0.4, 0.5) is 28.8 Å². The van der Waals surface area contributed by atoms with Gasteiger partial charge in [-0.15, -0.1) is 0 Å². The Bertz CT molecular complexity index is 1070. The second-order valence-electron chi connectivity index (χ2n) is 7.12. The Kier molecular flexibility index (Phi) is 5.78. The number of hydrogen-bond acceptors (Lipinski definition) is 9. The quantitative estimate of drug-likeness (QED) is 0.474. The van der Waals surface area contributed by atoms with Gasteiger partial charge in [-0.3, -0.25) is 10.1 Å². The minimum atomic E-state index is -0.439. The van der Waals surface area contributed by atoms with Crippen LogP contribution in [0.2, 0.25) is 0 Å². The maximum absolute atomic E-state index is 11.9. The lowest BCUT2D eigenvalue weighted by atomic mass is 10.2. The molecule has 160 valence electrons. The highest BCUT2D eigenvalue weighted by Gasteiger charge is 2.29. The molecule has 1 N–H and O–H groups in total. The fraction of sp³-hybridized carbons (Fsp3) is 0.286. The van der Waals surface area contributed by atoms with Crippen LogP contribution < -0.4 is 19.9 Å². The molecule has 0 amide bonds. The van der Waals surface area contributed by atoms with E-state index in [1.165, 1.54) is 6.33 Å². The van der Waals surface area contributed by atoms with Gasteiger partial charge in [0.2, 0.25) is 11.6 Å². The van der Waals surface area contributed by atoms with Crippen molar-refractivity contribution in [2.75, 3.05) is 48.4 Å². The largest absolute Gasteiger partial charge is 0.497 e. The SMILES string of the molecule is COc1ccc(N2CCN(c3ncnc(Nc4ncccc4C)c3[N+](=O)[O-])CC2)cc1. The number of piperazine rings is 1. The smallest absolute Gasteiger partial charge is 0.353 e. The highest BCUT2D eigenvalue weighted by Crippen LogP contribution is 2.34. The Hall–Kier alpha value is -3.95. The summed E-state index contributed by atoms with van der Waals surface area (Å²) in [5.74, 6) is 1.78. The molecule has 4 rings (SSSR count). The lowest BCUT2D eigenvalue weighted by molar-refractivity contribution is -0.383. The van der Waals surface area contributed by atoms with E-state index >= 15 is 0 Å². The van der Waals surface area contributed by atoms with Crippen molar-refractivity contribution in [3.05, 3.63) is 64.6 Å². The van der Waals surface area contributed by atoms with E-state index in [0.717, 1.165) is 30.1 Å². The zero-order valence-electron chi connectivity index (χ0n) is 17.4. The zero-order chi connectivity index (χ0) is 21.8. The second kappa shape index (κ2) is 8.82. The van der Waals surface area contributed by atoms with Gasteiger partial charge in [-0.05, 0) is 42.8 Å². The highest BCUT2D eigenvalue weighted by atomic mass is 16.6. The monoisotopic (exact) mass is 421 g/mol. The molecule has 0 spiro atoms. The first-order chi connectivity index (χ1) is 15.1. The summed E-state index contributed by atoms with van der Waals surface area (Å²) < 4.78 is 5.21. The number of methoxy groups -OCH3 is 1. The van der Waals surface area contributed by atoms with Gasteiger partial charge in [-0.25, -0.2) is 15.0 Å². The summed E-state index contributed by atoms with van der Waals surface area (Å²) in [7, 11) is 1.64. The lowest BCUT2D eigenvalue weighted by Crippen LogP contribution is -2.47. The summed E-state index contributed by atoms with van der Waals surface area (Å²) in [6.07, 6.45) is 2.97. The van der Waals surface area contributed by atoms with Gasteiger partial charge >= 0.3 is 5.69 Å². The fourth-order valence-corrected chi connectivity index (χ4v) is 3.56. The minimum absolute atomic E-state index is 0.134. The molecule has 3 heterocycles. The first-order valence-electron chi connectivity index (χ1n) is 9.89. The maximum atomic E-state index is 11.9. The van der Waals surface area contributed by atoms with Crippen molar-refractivity contribution in [1.82, 2.24) is 15.0 Å². The van der Waals surface area contributed by atoms with Crippen molar-refractivity contribution in [3.8, 4) is 5.75 Å². The summed E-state index contributed by atoms with van der Waals surface area (Å²) in [5.41, 5.74) is 1.81. The third-order valence-corrected chi connectivity index (χ3v) is 5.25. The molecule has 1 aromatic carbocycles. The zero-order valence-corrected chi connectivity index (χ0v) is 17.4. The molecule has 2 aromatic heterocycles. The number of ether oxygens (including phenoxy) is 1. The van der Waals surface area contributed by atoms with E-state index in [4.69, 9.17) is 4.74 Å². The molecule has 0 radical (unpaired) electrons. The topological polar surface area (TPSA) is 110 Å². The van der Waals surface area contributed by atoms with Gasteiger partial charge in [0.25, 0.3) is 0 Å². The number of anilines is 4. The van der Waals surface area contributed by atoms with Crippen LogP contribution in [0.1, 0.15) is 5.56 Å². The molecule has 0 unspecified atom stereocenters. The molecule has 10 nitrogen and oxygen atoms in total. The van der Waals surface area contributed by atoms with Crippen LogP contribution in [-0.2, 0) is 0 Å². The molecule has 0 bridgehead atoms. The average molecular weight is 421 g/mol. The number of nitrogens with one attached hydrogen (secondary N) is 1. The number of benzene rings is 1. The van der Waals surface area contributed by atoms with E-state index in [1.807, 2.05) is 48.2 Å². The maximum Gasteiger partial charge on any atom is 0.353 e. The molecule has 0 aliphatic carbocycles. The van der Waals surface area contributed by atoms with E-state index in [1.54, 1.807) is 13.3 Å². The molecule has 1 saturated heterocycles. The van der Waals surface area contributed by atoms with Gasteiger partial charge in [-0.2, -0.15) is 0 Å². The van der Waals surface area contributed by atoms with Crippen LogP contribution >= 0.6 is 0 Å². The average Bonchev–Trinajstić information content (AvgIpc) is 2.80. The minimum Gasteiger partial charge on any atom is -0.497 e. The first-order valence-corrected chi connectivity index (χ1v) is 9.89. The van der Waals surface area contributed by atoms with Crippen molar-refractivity contribution >= 4 is 28.8 Å². The molecule has 0 atom stereocenters. The van der Waals surface area contributed by atoms with E-state index in [0.29, 0.717) is 24.7 Å². The fourth-order valence-electron chi connectivity index (χ4n) is 3.56. The summed E-state index contributed by atoms with van der Waals surface area (Å²) in [6, 6.07) is 11.6. The Morgan fingerprint density at radius 2 is 1.71 bits per heavy atom. The van der Waals surface area contributed by atoms with Gasteiger partial charge in [0.05, 0.1) is 12.0 Å². The molecule has 1 aliphatic rings. The van der Waals surface area contributed by atoms with Crippen molar-refractivity contribution in [3.63, 3.8) is 0 Å². The molecule has 1 fully saturated rings. The second-order valence-corrected chi connectivity index (χ2v) is 7.12. The number of hydrogen-bond donors (Lipinski definition) is 1. The number of rotatable bonds is 6. The normalized spacial score (nSPS) is 13.7. The van der Waals surface area contributed by atoms with E-state index in [9.17, 15) is 10.1 Å². The summed E-state index contributed by atoms with van der Waals surface area (Å²) >= 11 is 0. The van der Waals surface area contributed by atoms with E-state index in [2.05, 4.69) is 25.2 Å². The number of pyridine rings is 1. The molecular formula is C21H23N7O3. The van der Waals surface area contributed by atoms with Crippen molar-refractivity contribution in [2.24, 2.45) is 0 Å². The van der Waals surface area contributed by atoms with Crippen LogP contribution in [0.15, 0.2) is 48.9 Å². The van der Waals surface area contributed by atoms with Gasteiger partial charge in [0, 0.05) is 38.1 Å². The molecule has 3 aromatic rings. The van der Waals surface area contributed by atoms with Crippen molar-refractivity contribution in [2.45, 2.75) is 6.92 Å². The summed E-state index contributed by atoms with van der Waals surface area (Å²) in [6.45, 7) is 4.52. The van der Waals surface area contributed by atoms with Crippen molar-refractivity contribution < 1.29 is 9.66 Å². The Balaban J connectivity index is 1.54. The van der Waals surface area contributed by atoms with Gasteiger partial charge in [0.1, 0.15) is 17.9 Å². The lowest BCUT2D eigenvalue weighted by Gasteiger charge is -2.36. The Morgan fingerprint density at radius 1 is 1.00 bits per heavy atom. The number of aromatic nitrogens is 3. The molecule has 0 saturated carbocycles. The van der Waals surface area contributed by atoms with Crippen LogP contribution in [0.25, 0.3) is 0 Å². The predicted octanol–water partition coefficient (Wildman–Crippen LogP) is 3.17. The standard InChI is InChI=1S/C21H23N7O3/c1-15-4-3-9-22-19(15)25-20-18(28(29)30)21(24-14-23-20)27-12-10-26(11-13-27)16-5-7-17(31-2)8-6-16/h3-9,14H,10-13H2,1-2H3,(H,22,23,24,25). The molecular weight excluding hydrogens is 398 g/mol. The molecule has 1 aliphatic heterocycles. The van der Waals surface area contributed by atoms with E-state index in [-0.39, 0.29) is 11.5 Å². The number of aryl methyl sites for hydroxylation is 1. The van der Waals surface area contributed by atoms with E-state index < -0.39 is 4.92 Å². The van der Waals surface area contributed by atoms with Crippen LogP contribution in [0.3, 0.4) is 0 Å². The van der Waals surface area contributed by atoms with Gasteiger partial charge in [0.15, 0.2) is 0 Å². The molecule has 31 heavy (non-hydrogen) atoms. The summed E-state index contributed by atoms with van der Waals surface area (Å²) in [5, 5.41) is 14.9. The Labute approximate surface area is 179 Å².